The Hall–Kier alpha value is -1.64. The van der Waals surface area contributed by atoms with Gasteiger partial charge < -0.3 is 10.6 Å². The minimum Gasteiger partial charge on any atom is -0.317 e. The van der Waals surface area contributed by atoms with Crippen molar-refractivity contribution in [2.75, 3.05) is 18.4 Å². The zero-order valence-electron chi connectivity index (χ0n) is 14.6. The lowest BCUT2D eigenvalue weighted by Gasteiger charge is -2.22. The molecule has 1 saturated carbocycles. The third kappa shape index (κ3) is 3.70. The molecule has 1 aliphatic heterocycles. The number of piperidine rings is 1. The minimum atomic E-state index is -1.01. The molecule has 0 bridgehead atoms. The molecule has 1 spiro atoms. The van der Waals surface area contributed by atoms with Gasteiger partial charge in [-0.2, -0.15) is 0 Å². The first-order valence-corrected chi connectivity index (χ1v) is 9.35. The summed E-state index contributed by atoms with van der Waals surface area (Å²) in [5, 5.41) is 6.39. The van der Waals surface area contributed by atoms with Crippen LogP contribution in [0.4, 0.5) is 18.3 Å². The van der Waals surface area contributed by atoms with Crippen molar-refractivity contribution in [3.8, 4) is 11.3 Å². The quantitative estimate of drug-likeness (QED) is 0.783. The maximum atomic E-state index is 14.0. The maximum Gasteiger partial charge on any atom is 0.229 e. The number of aryl methyl sites for hydroxylation is 1. The lowest BCUT2D eigenvalue weighted by molar-refractivity contribution is -0.118. The van der Waals surface area contributed by atoms with E-state index >= 15 is 0 Å². The first kappa shape index (κ1) is 20.1. The first-order chi connectivity index (χ1) is 12.4. The molecule has 2 aliphatic rings. The van der Waals surface area contributed by atoms with Crippen molar-refractivity contribution in [2.24, 2.45) is 11.3 Å². The van der Waals surface area contributed by atoms with E-state index in [1.54, 1.807) is 6.92 Å². The van der Waals surface area contributed by atoms with Crippen LogP contribution in [0.3, 0.4) is 0 Å². The van der Waals surface area contributed by atoms with Crippen LogP contribution in [0.5, 0.6) is 0 Å². The number of nitrogens with one attached hydrogen (secondary N) is 2. The number of rotatable bonds is 3. The number of hydrogen-bond acceptors (Lipinski definition) is 4. The van der Waals surface area contributed by atoms with Crippen LogP contribution in [0, 0.1) is 35.7 Å². The van der Waals surface area contributed by atoms with E-state index in [9.17, 15) is 18.0 Å². The van der Waals surface area contributed by atoms with E-state index in [2.05, 4.69) is 15.6 Å². The summed E-state index contributed by atoms with van der Waals surface area (Å²) in [5.41, 5.74) is -0.186. The van der Waals surface area contributed by atoms with Gasteiger partial charge in [0.1, 0.15) is 17.5 Å². The monoisotopic (exact) mass is 417 g/mol. The number of hydrogen-bond donors (Lipinski definition) is 2. The number of halogens is 4. The molecule has 1 aliphatic carbocycles. The zero-order chi connectivity index (χ0) is 18.5. The Kier molecular flexibility index (Phi) is 5.52. The summed E-state index contributed by atoms with van der Waals surface area (Å²) in [5.74, 6) is -3.12. The molecular formula is C18H19ClF3N3OS. The molecule has 2 aromatic rings. The molecule has 27 heavy (non-hydrogen) atoms. The summed E-state index contributed by atoms with van der Waals surface area (Å²) in [4.78, 5) is 17.3. The van der Waals surface area contributed by atoms with Crippen LogP contribution < -0.4 is 10.6 Å². The van der Waals surface area contributed by atoms with E-state index in [1.807, 2.05) is 0 Å². The highest BCUT2D eigenvalue weighted by Crippen LogP contribution is 2.58. The second-order valence-electron chi connectivity index (χ2n) is 7.03. The number of aromatic nitrogens is 1. The summed E-state index contributed by atoms with van der Waals surface area (Å²) in [7, 11) is 0. The molecular weight excluding hydrogens is 399 g/mol. The Morgan fingerprint density at radius 2 is 1.89 bits per heavy atom. The fourth-order valence-corrected chi connectivity index (χ4v) is 4.66. The Bertz CT molecular complexity index is 860. The van der Waals surface area contributed by atoms with E-state index in [4.69, 9.17) is 0 Å². The molecule has 1 saturated heterocycles. The van der Waals surface area contributed by atoms with Crippen molar-refractivity contribution in [2.45, 2.75) is 26.2 Å². The van der Waals surface area contributed by atoms with Gasteiger partial charge in [-0.05, 0) is 44.7 Å². The molecule has 1 aromatic heterocycles. The number of benzene rings is 1. The van der Waals surface area contributed by atoms with Gasteiger partial charge in [0.05, 0.1) is 11.3 Å². The zero-order valence-corrected chi connectivity index (χ0v) is 16.2. The van der Waals surface area contributed by atoms with Gasteiger partial charge in [0, 0.05) is 22.9 Å². The molecule has 4 nitrogen and oxygen atoms in total. The molecule has 1 atom stereocenters. The van der Waals surface area contributed by atoms with Crippen LogP contribution in [0.15, 0.2) is 12.1 Å². The maximum absolute atomic E-state index is 14.0. The van der Waals surface area contributed by atoms with Crippen LogP contribution in [0.2, 0.25) is 0 Å². The number of anilines is 1. The Balaban J connectivity index is 0.00000210. The minimum absolute atomic E-state index is 0. The highest BCUT2D eigenvalue weighted by Gasteiger charge is 2.57. The molecule has 9 heteroatoms. The van der Waals surface area contributed by atoms with E-state index in [-0.39, 0.29) is 40.9 Å². The second-order valence-corrected chi connectivity index (χ2v) is 8.23. The average molecular weight is 418 g/mol. The van der Waals surface area contributed by atoms with Gasteiger partial charge >= 0.3 is 0 Å². The molecule has 146 valence electrons. The van der Waals surface area contributed by atoms with E-state index in [0.29, 0.717) is 22.1 Å². The Morgan fingerprint density at radius 1 is 1.26 bits per heavy atom. The van der Waals surface area contributed by atoms with Crippen molar-refractivity contribution >= 4 is 34.8 Å². The lowest BCUT2D eigenvalue weighted by atomic mass is 9.92. The van der Waals surface area contributed by atoms with Crippen LogP contribution in [-0.2, 0) is 4.79 Å². The van der Waals surface area contributed by atoms with Crippen molar-refractivity contribution < 1.29 is 18.0 Å². The highest BCUT2D eigenvalue weighted by atomic mass is 35.5. The third-order valence-corrected chi connectivity index (χ3v) is 6.26. The Morgan fingerprint density at radius 3 is 2.52 bits per heavy atom. The first-order valence-electron chi connectivity index (χ1n) is 8.53. The number of thiazole rings is 1. The van der Waals surface area contributed by atoms with Gasteiger partial charge in [-0.3, -0.25) is 4.79 Å². The number of carbonyl (C=O) groups excluding carboxylic acids is 1. The largest absolute Gasteiger partial charge is 0.317 e. The summed E-state index contributed by atoms with van der Waals surface area (Å²) in [6.07, 6.45) is 2.84. The number of amides is 1. The third-order valence-electron chi connectivity index (χ3n) is 5.38. The van der Waals surface area contributed by atoms with Gasteiger partial charge in [0.2, 0.25) is 5.91 Å². The molecule has 1 amide bonds. The van der Waals surface area contributed by atoms with Crippen LogP contribution in [0.25, 0.3) is 11.3 Å². The van der Waals surface area contributed by atoms with Crippen LogP contribution in [0.1, 0.15) is 24.1 Å². The average Bonchev–Trinajstić information content (AvgIpc) is 3.14. The van der Waals surface area contributed by atoms with Gasteiger partial charge in [0.25, 0.3) is 0 Å². The predicted molar refractivity (Wildman–Crippen MR) is 101 cm³/mol. The summed E-state index contributed by atoms with van der Waals surface area (Å²) in [6.45, 7) is 3.51. The molecule has 2 heterocycles. The fourth-order valence-electron chi connectivity index (χ4n) is 3.84. The van der Waals surface area contributed by atoms with Crippen molar-refractivity contribution in [1.82, 2.24) is 10.3 Å². The van der Waals surface area contributed by atoms with Gasteiger partial charge in [0.15, 0.2) is 5.13 Å². The number of nitrogens with zero attached hydrogens (tertiary/aromatic N) is 1. The van der Waals surface area contributed by atoms with Gasteiger partial charge in [-0.1, -0.05) is 0 Å². The topological polar surface area (TPSA) is 54.0 Å². The standard InChI is InChI=1S/C18H18F3N3OS.ClH/c1-9-15(14-12(20)6-10(19)7-13(14)21)23-17(26-9)24-16(25)11-8-18(11)2-4-22-5-3-18;/h6-7,11,22H,2-5,8H2,1H3,(H,23,24,25);1H. The van der Waals surface area contributed by atoms with E-state index < -0.39 is 17.5 Å². The molecule has 4 rings (SSSR count). The van der Waals surface area contributed by atoms with Gasteiger partial charge in [-0.25, -0.2) is 18.2 Å². The second kappa shape index (κ2) is 7.41. The fraction of sp³-hybridized carbons (Fsp3) is 0.444. The van der Waals surface area contributed by atoms with Crippen molar-refractivity contribution in [3.63, 3.8) is 0 Å². The summed E-state index contributed by atoms with van der Waals surface area (Å²) in [6, 6.07) is 1.25. The molecule has 1 unspecified atom stereocenters. The summed E-state index contributed by atoms with van der Waals surface area (Å²) >= 11 is 1.16. The van der Waals surface area contributed by atoms with E-state index in [0.717, 1.165) is 43.7 Å². The lowest BCUT2D eigenvalue weighted by Crippen LogP contribution is -2.31. The van der Waals surface area contributed by atoms with Crippen molar-refractivity contribution in [3.05, 3.63) is 34.5 Å². The normalized spacial score (nSPS) is 20.2. The molecule has 2 N–H and O–H groups in total. The van der Waals surface area contributed by atoms with E-state index in [1.165, 1.54) is 0 Å². The Labute approximate surface area is 165 Å². The SMILES string of the molecule is Cc1sc(NC(=O)C2CC23CCNCC3)nc1-c1c(F)cc(F)cc1F.Cl. The highest BCUT2D eigenvalue weighted by molar-refractivity contribution is 7.16. The molecule has 2 fully saturated rings. The van der Waals surface area contributed by atoms with Crippen LogP contribution >= 0.6 is 23.7 Å². The van der Waals surface area contributed by atoms with Crippen LogP contribution in [-0.4, -0.2) is 24.0 Å². The molecule has 0 radical (unpaired) electrons. The molecule has 1 aromatic carbocycles. The smallest absolute Gasteiger partial charge is 0.229 e. The van der Waals surface area contributed by atoms with Gasteiger partial charge in [-0.15, -0.1) is 23.7 Å². The summed E-state index contributed by atoms with van der Waals surface area (Å²) < 4.78 is 41.1. The number of carbonyl (C=O) groups is 1. The predicted octanol–water partition coefficient (Wildman–Crippen LogP) is 4.29. The van der Waals surface area contributed by atoms with Crippen molar-refractivity contribution in [1.29, 1.82) is 0 Å².